The zero-order valence-electron chi connectivity index (χ0n) is 7.54. The predicted octanol–water partition coefficient (Wildman–Crippen LogP) is -0.482. The third kappa shape index (κ3) is 1.20. The van der Waals surface area contributed by atoms with E-state index in [2.05, 4.69) is 17.1 Å². The van der Waals surface area contributed by atoms with Gasteiger partial charge in [-0.2, -0.15) is 0 Å². The van der Waals surface area contributed by atoms with Gasteiger partial charge in [-0.05, 0) is 0 Å². The number of rotatable bonds is 1. The Bertz CT molecular complexity index is 492. The zero-order chi connectivity index (χ0) is 9.54. The van der Waals surface area contributed by atoms with Gasteiger partial charge in [0.25, 0.3) is 0 Å². The number of benzene rings is 1. The standard InChI is InChI=1S/C10H8IO2S/c1-11-8-4-6-2-3-7-9(10(6)14-8)13-5-12-7/h2-4H,5H2,1H3/q-1. The minimum absolute atomic E-state index is 0.176. The fraction of sp³-hybridized carbons (Fsp3) is 0.200. The van der Waals surface area contributed by atoms with Crippen LogP contribution < -0.4 is 30.7 Å². The van der Waals surface area contributed by atoms with Gasteiger partial charge in [0.2, 0.25) is 0 Å². The van der Waals surface area contributed by atoms with E-state index < -0.39 is 0 Å². The van der Waals surface area contributed by atoms with Crippen molar-refractivity contribution in [2.75, 3.05) is 11.7 Å². The second kappa shape index (κ2) is 3.27. The van der Waals surface area contributed by atoms with E-state index in [4.69, 9.17) is 9.47 Å². The van der Waals surface area contributed by atoms with Crippen LogP contribution in [0.5, 0.6) is 11.5 Å². The van der Waals surface area contributed by atoms with Crippen LogP contribution in [0.1, 0.15) is 0 Å². The molecule has 4 heteroatoms. The minimum atomic E-state index is 0.176. The summed E-state index contributed by atoms with van der Waals surface area (Å²) in [5.74, 6) is 1.83. The second-order valence-corrected chi connectivity index (χ2v) is 6.98. The molecule has 1 aliphatic heterocycles. The van der Waals surface area contributed by atoms with E-state index >= 15 is 0 Å². The number of hydrogen-bond acceptors (Lipinski definition) is 3. The molecule has 0 saturated carbocycles. The Balaban J connectivity index is 2.31. The average Bonchev–Trinajstić information content (AvgIpc) is 2.82. The molecule has 0 radical (unpaired) electrons. The molecule has 0 atom stereocenters. The Morgan fingerprint density at radius 3 is 3.14 bits per heavy atom. The van der Waals surface area contributed by atoms with E-state index in [0.29, 0.717) is 6.79 Å². The van der Waals surface area contributed by atoms with Crippen LogP contribution in [0.15, 0.2) is 18.2 Å². The molecule has 0 aliphatic carbocycles. The van der Waals surface area contributed by atoms with Crippen LogP contribution in [0.2, 0.25) is 0 Å². The number of hydrogen-bond donors (Lipinski definition) is 0. The fourth-order valence-corrected chi connectivity index (χ4v) is 4.45. The molecule has 1 aromatic heterocycles. The summed E-state index contributed by atoms with van der Waals surface area (Å²) in [4.78, 5) is 2.28. The summed E-state index contributed by atoms with van der Waals surface area (Å²) in [6.07, 6.45) is 0. The summed E-state index contributed by atoms with van der Waals surface area (Å²) in [5.41, 5.74) is 0. The van der Waals surface area contributed by atoms with Crippen molar-refractivity contribution < 1.29 is 30.7 Å². The van der Waals surface area contributed by atoms with Gasteiger partial charge in [-0.3, -0.25) is 0 Å². The molecule has 2 heterocycles. The molecule has 0 spiro atoms. The first-order valence-electron chi connectivity index (χ1n) is 4.20. The van der Waals surface area contributed by atoms with Gasteiger partial charge in [-0.1, -0.05) is 0 Å². The van der Waals surface area contributed by atoms with Crippen LogP contribution in [-0.2, 0) is 0 Å². The maximum atomic E-state index is 5.47. The third-order valence-electron chi connectivity index (χ3n) is 2.18. The van der Waals surface area contributed by atoms with Crippen molar-refractivity contribution in [2.24, 2.45) is 0 Å². The molecule has 2 nitrogen and oxygen atoms in total. The molecule has 2 aromatic rings. The molecule has 0 bridgehead atoms. The van der Waals surface area contributed by atoms with Crippen LogP contribution in [0.4, 0.5) is 0 Å². The number of alkyl halides is 1. The van der Waals surface area contributed by atoms with Gasteiger partial charge in [0.1, 0.15) is 0 Å². The molecule has 1 aromatic carbocycles. The summed E-state index contributed by atoms with van der Waals surface area (Å²) >= 11 is 2.02. The first kappa shape index (κ1) is 8.79. The monoisotopic (exact) mass is 319 g/mol. The van der Waals surface area contributed by atoms with Gasteiger partial charge in [0, 0.05) is 0 Å². The number of ether oxygens (including phenoxy) is 2. The van der Waals surface area contributed by atoms with E-state index in [1.54, 1.807) is 0 Å². The van der Waals surface area contributed by atoms with E-state index in [1.807, 2.05) is 17.4 Å². The Labute approximate surface area is 96.1 Å². The Hall–Kier alpha value is -0.490. The van der Waals surface area contributed by atoms with E-state index in [-0.39, 0.29) is 21.2 Å². The average molecular weight is 319 g/mol. The molecule has 0 unspecified atom stereocenters. The molecule has 0 N–H and O–H groups in total. The van der Waals surface area contributed by atoms with Gasteiger partial charge in [-0.25, -0.2) is 0 Å². The SMILES string of the molecule is C[I-]c1cc2ccc3c(c2s1)OCO3. The van der Waals surface area contributed by atoms with Gasteiger partial charge < -0.3 is 0 Å². The molecule has 1 aliphatic rings. The van der Waals surface area contributed by atoms with Crippen molar-refractivity contribution >= 4 is 21.4 Å². The van der Waals surface area contributed by atoms with Crippen molar-refractivity contribution in [1.82, 2.24) is 0 Å². The van der Waals surface area contributed by atoms with Gasteiger partial charge in [-0.15, -0.1) is 0 Å². The summed E-state index contributed by atoms with van der Waals surface area (Å²) in [7, 11) is 0. The van der Waals surface area contributed by atoms with E-state index in [9.17, 15) is 0 Å². The third-order valence-corrected chi connectivity index (χ3v) is 6.19. The van der Waals surface area contributed by atoms with Crippen molar-refractivity contribution in [3.05, 3.63) is 21.1 Å². The van der Waals surface area contributed by atoms with E-state index in [1.165, 1.54) is 13.0 Å². The van der Waals surface area contributed by atoms with Crippen LogP contribution in [-0.4, -0.2) is 11.7 Å². The zero-order valence-corrected chi connectivity index (χ0v) is 10.5. The first-order valence-corrected chi connectivity index (χ1v) is 8.25. The Morgan fingerprint density at radius 1 is 1.36 bits per heavy atom. The fourth-order valence-electron chi connectivity index (χ4n) is 1.52. The van der Waals surface area contributed by atoms with Gasteiger partial charge >= 0.3 is 96.4 Å². The molecule has 74 valence electrons. The van der Waals surface area contributed by atoms with Crippen LogP contribution in [0.3, 0.4) is 0 Å². The quantitative estimate of drug-likeness (QED) is 0.522. The molecule has 14 heavy (non-hydrogen) atoms. The summed E-state index contributed by atoms with van der Waals surface area (Å²) in [5, 5.41) is 1.29. The normalized spacial score (nSPS) is 14.1. The number of halogens is 1. The van der Waals surface area contributed by atoms with Crippen LogP contribution in [0.25, 0.3) is 10.1 Å². The summed E-state index contributed by atoms with van der Waals surface area (Å²) in [6.45, 7) is 0.364. The topological polar surface area (TPSA) is 18.5 Å². The van der Waals surface area contributed by atoms with Crippen molar-refractivity contribution in [3.8, 4) is 11.5 Å². The van der Waals surface area contributed by atoms with E-state index in [0.717, 1.165) is 11.5 Å². The Kier molecular flexibility index (Phi) is 2.05. The van der Waals surface area contributed by atoms with Crippen LogP contribution in [0, 0.1) is 2.88 Å². The summed E-state index contributed by atoms with van der Waals surface area (Å²) in [6, 6.07) is 6.38. The van der Waals surface area contributed by atoms with Gasteiger partial charge in [0.05, 0.1) is 0 Å². The van der Waals surface area contributed by atoms with Crippen molar-refractivity contribution in [3.63, 3.8) is 0 Å². The molecule has 0 fully saturated rings. The number of fused-ring (bicyclic) bond motifs is 3. The van der Waals surface area contributed by atoms with Crippen molar-refractivity contribution in [2.45, 2.75) is 0 Å². The van der Waals surface area contributed by atoms with Gasteiger partial charge in [0.15, 0.2) is 0 Å². The molecule has 0 amide bonds. The second-order valence-electron chi connectivity index (χ2n) is 2.96. The van der Waals surface area contributed by atoms with Crippen LogP contribution >= 0.6 is 11.3 Å². The molecular weight excluding hydrogens is 311 g/mol. The molecular formula is C10H8IO2S-. The predicted molar refractivity (Wildman–Crippen MR) is 52.6 cm³/mol. The number of thiophene rings is 1. The maximum absolute atomic E-state index is 5.47. The summed E-state index contributed by atoms with van der Waals surface area (Å²) < 4.78 is 13.6. The molecule has 3 rings (SSSR count). The molecule has 0 saturated heterocycles. The Morgan fingerprint density at radius 2 is 2.29 bits per heavy atom. The van der Waals surface area contributed by atoms with Crippen molar-refractivity contribution in [1.29, 1.82) is 0 Å². The first-order chi connectivity index (χ1) is 6.88.